The van der Waals surface area contributed by atoms with Crippen molar-refractivity contribution in [3.8, 4) is 11.3 Å². The molecule has 1 amide bonds. The van der Waals surface area contributed by atoms with Crippen molar-refractivity contribution in [2.75, 3.05) is 18.8 Å². The van der Waals surface area contributed by atoms with Gasteiger partial charge in [0, 0.05) is 41.3 Å². The molecule has 0 radical (unpaired) electrons. The van der Waals surface area contributed by atoms with Gasteiger partial charge in [-0.3, -0.25) is 9.80 Å². The highest BCUT2D eigenvalue weighted by Gasteiger charge is 2.42. The zero-order chi connectivity index (χ0) is 36.0. The number of aryl methyl sites for hydroxylation is 1. The van der Waals surface area contributed by atoms with Gasteiger partial charge in [-0.25, -0.2) is 19.6 Å². The van der Waals surface area contributed by atoms with Crippen LogP contribution >= 0.6 is 23.2 Å². The van der Waals surface area contributed by atoms with Gasteiger partial charge in [-0.15, -0.1) is 0 Å². The van der Waals surface area contributed by atoms with Gasteiger partial charge in [-0.1, -0.05) is 67.4 Å². The van der Waals surface area contributed by atoms with Gasteiger partial charge in [-0.2, -0.15) is 0 Å². The minimum atomic E-state index is -0.687. The summed E-state index contributed by atoms with van der Waals surface area (Å²) in [6.07, 6.45) is 7.44. The smallest absolute Gasteiger partial charge is 0.411 e. The monoisotopic (exact) mass is 723 g/mol. The quantitative estimate of drug-likeness (QED) is 0.196. The Bertz CT molecular complexity index is 1600. The summed E-state index contributed by atoms with van der Waals surface area (Å²) in [7, 11) is 0. The lowest BCUT2D eigenvalue weighted by atomic mass is 9.94. The first kappa shape index (κ1) is 37.8. The van der Waals surface area contributed by atoms with Crippen LogP contribution in [0.4, 0.5) is 10.6 Å². The van der Waals surface area contributed by atoms with E-state index in [0.717, 1.165) is 61.0 Å². The van der Waals surface area contributed by atoms with E-state index >= 15 is 0 Å². The van der Waals surface area contributed by atoms with Crippen LogP contribution in [0.2, 0.25) is 10.0 Å². The molecule has 0 bridgehead atoms. The fourth-order valence-electron chi connectivity index (χ4n) is 6.89. The van der Waals surface area contributed by atoms with E-state index in [9.17, 15) is 9.59 Å². The van der Waals surface area contributed by atoms with Crippen LogP contribution in [-0.4, -0.2) is 68.7 Å². The fraction of sp³-hybridized carbons (Fsp3) is 0.538. The molecule has 1 saturated carbocycles. The number of halogens is 2. The first-order chi connectivity index (χ1) is 23.8. The van der Waals surface area contributed by atoms with Crippen molar-refractivity contribution >= 4 is 41.1 Å². The summed E-state index contributed by atoms with van der Waals surface area (Å²) in [6.45, 7) is 11.9. The molecule has 1 aliphatic heterocycles. The van der Waals surface area contributed by atoms with Gasteiger partial charge in [0.25, 0.3) is 0 Å². The topological polar surface area (TPSA) is 111 Å². The summed E-state index contributed by atoms with van der Waals surface area (Å²) in [5.74, 6) is 0.479. The molecule has 50 heavy (non-hydrogen) atoms. The van der Waals surface area contributed by atoms with Gasteiger partial charge >= 0.3 is 12.1 Å². The second-order valence-electron chi connectivity index (χ2n) is 15.0. The number of piperidine rings is 1. The minimum absolute atomic E-state index is 0.0728. The Morgan fingerprint density at radius 1 is 1.02 bits per heavy atom. The largest absolute Gasteiger partial charge is 0.461 e. The molecule has 1 aromatic heterocycles. The van der Waals surface area contributed by atoms with Gasteiger partial charge < -0.3 is 15.2 Å². The van der Waals surface area contributed by atoms with E-state index in [4.69, 9.17) is 43.4 Å². The minimum Gasteiger partial charge on any atom is -0.461 e. The number of hydrogen-bond acceptors (Lipinski definition) is 8. The number of hydrogen-bond donors (Lipinski definition) is 1. The van der Waals surface area contributed by atoms with Crippen molar-refractivity contribution < 1.29 is 19.1 Å². The van der Waals surface area contributed by atoms with Crippen molar-refractivity contribution in [2.24, 2.45) is 5.92 Å². The highest BCUT2D eigenvalue weighted by Crippen LogP contribution is 2.30. The van der Waals surface area contributed by atoms with Gasteiger partial charge in [0.2, 0.25) is 0 Å². The number of rotatable bonds is 11. The Hall–Kier alpha value is -3.40. The van der Waals surface area contributed by atoms with Crippen molar-refractivity contribution in [2.45, 2.75) is 116 Å². The van der Waals surface area contributed by atoms with E-state index in [1.807, 2.05) is 39.0 Å². The van der Waals surface area contributed by atoms with Crippen LogP contribution in [0.1, 0.15) is 90.0 Å². The lowest BCUT2D eigenvalue weighted by molar-refractivity contribution is -0.157. The van der Waals surface area contributed by atoms with E-state index in [1.54, 1.807) is 11.1 Å². The third-order valence-corrected chi connectivity index (χ3v) is 10.1. The van der Waals surface area contributed by atoms with Gasteiger partial charge in [0.15, 0.2) is 0 Å². The molecule has 3 aromatic rings. The molecule has 2 N–H and O–H groups in total. The molecular formula is C39H51Cl2N5O4. The molecule has 2 aliphatic rings. The first-order valence-corrected chi connectivity index (χ1v) is 18.6. The molecule has 1 unspecified atom stereocenters. The Balaban J connectivity index is 1.30. The van der Waals surface area contributed by atoms with E-state index in [-0.39, 0.29) is 18.1 Å². The van der Waals surface area contributed by atoms with Crippen LogP contribution in [0.25, 0.3) is 11.3 Å². The maximum absolute atomic E-state index is 13.6. The summed E-state index contributed by atoms with van der Waals surface area (Å²) in [5.41, 5.74) is 9.94. The maximum atomic E-state index is 13.6. The Morgan fingerprint density at radius 2 is 1.70 bits per heavy atom. The van der Waals surface area contributed by atoms with E-state index in [1.165, 1.54) is 0 Å². The first-order valence-electron chi connectivity index (χ1n) is 17.8. The normalized spacial score (nSPS) is 18.5. The number of benzene rings is 2. The summed E-state index contributed by atoms with van der Waals surface area (Å²) >= 11 is 12.8. The third kappa shape index (κ3) is 10.1. The van der Waals surface area contributed by atoms with Crippen LogP contribution in [-0.2, 0) is 33.7 Å². The predicted octanol–water partition coefficient (Wildman–Crippen LogP) is 8.53. The number of aromatic nitrogens is 2. The summed E-state index contributed by atoms with van der Waals surface area (Å²) < 4.78 is 11.7. The molecule has 270 valence electrons. The maximum Gasteiger partial charge on any atom is 0.411 e. The molecule has 2 heterocycles. The zero-order valence-corrected chi connectivity index (χ0v) is 31.5. The number of ether oxygens (including phenoxy) is 2. The Morgan fingerprint density at radius 3 is 2.34 bits per heavy atom. The SMILES string of the molecule is CC(C)CN(Cc1ccc(-c2cnc(N)c(CCc3c(Cl)cccc3Cl)n2)cc1)C1CCN(C(=O)OC(C)(C)C)[C@@H](C(=O)OC2CCCC2)C1. The average Bonchev–Trinajstić information content (AvgIpc) is 3.57. The fourth-order valence-corrected chi connectivity index (χ4v) is 7.48. The van der Waals surface area contributed by atoms with Crippen molar-refractivity contribution in [1.29, 1.82) is 0 Å². The molecule has 2 aromatic carbocycles. The molecule has 1 aliphatic carbocycles. The third-order valence-electron chi connectivity index (χ3n) is 9.36. The molecule has 9 nitrogen and oxygen atoms in total. The number of likely N-dealkylation sites (tertiary alicyclic amines) is 1. The summed E-state index contributed by atoms with van der Waals surface area (Å²) in [5, 5.41) is 1.24. The molecular weight excluding hydrogens is 673 g/mol. The standard InChI is InChI=1S/C39H51Cl2N5O4/c1-25(2)23-45(28-19-20-46(38(48)50-39(3,4)5)35(21-28)37(47)49-29-9-6-7-10-29)24-26-13-15-27(16-14-26)34-22-43-36(42)33(44-34)18-17-30-31(40)11-8-12-32(30)41/h8,11-16,22,25,28-29,35H,6-7,9-10,17-21,23-24H2,1-5H3,(H2,42,43)/t28?,35-/m1/s1. The molecule has 11 heteroatoms. The molecule has 5 rings (SSSR count). The average molecular weight is 725 g/mol. The van der Waals surface area contributed by atoms with Gasteiger partial charge in [0.1, 0.15) is 23.6 Å². The number of carbonyl (C=O) groups excluding carboxylic acids is 2. The van der Waals surface area contributed by atoms with Crippen LogP contribution in [0.5, 0.6) is 0 Å². The van der Waals surface area contributed by atoms with E-state index in [0.29, 0.717) is 59.8 Å². The van der Waals surface area contributed by atoms with Crippen LogP contribution in [0.15, 0.2) is 48.7 Å². The summed E-state index contributed by atoms with van der Waals surface area (Å²) in [6, 6.07) is 13.2. The highest BCUT2D eigenvalue weighted by atomic mass is 35.5. The predicted molar refractivity (Wildman–Crippen MR) is 199 cm³/mol. The lowest BCUT2D eigenvalue weighted by Gasteiger charge is -2.43. The number of carbonyl (C=O) groups is 2. The number of esters is 1. The van der Waals surface area contributed by atoms with Crippen molar-refractivity contribution in [3.05, 3.63) is 75.5 Å². The molecule has 2 atom stereocenters. The van der Waals surface area contributed by atoms with Gasteiger partial charge in [0.05, 0.1) is 17.6 Å². The van der Waals surface area contributed by atoms with Crippen molar-refractivity contribution in [3.63, 3.8) is 0 Å². The molecule has 1 saturated heterocycles. The van der Waals surface area contributed by atoms with Crippen molar-refractivity contribution in [1.82, 2.24) is 19.8 Å². The number of anilines is 1. The van der Waals surface area contributed by atoms with Crippen LogP contribution in [0, 0.1) is 5.92 Å². The summed E-state index contributed by atoms with van der Waals surface area (Å²) in [4.78, 5) is 40.2. The van der Waals surface area contributed by atoms with E-state index in [2.05, 4.69) is 48.0 Å². The number of nitrogens with zero attached hydrogens (tertiary/aromatic N) is 4. The molecule has 0 spiro atoms. The lowest BCUT2D eigenvalue weighted by Crippen LogP contribution is -2.56. The zero-order valence-electron chi connectivity index (χ0n) is 30.0. The van der Waals surface area contributed by atoms with Crippen LogP contribution < -0.4 is 5.73 Å². The number of nitrogens with two attached hydrogens (primary N) is 1. The highest BCUT2D eigenvalue weighted by molar-refractivity contribution is 6.36. The van der Waals surface area contributed by atoms with Gasteiger partial charge in [-0.05, 0) is 101 Å². The van der Waals surface area contributed by atoms with E-state index < -0.39 is 17.7 Å². The second-order valence-corrected chi connectivity index (χ2v) is 15.8. The Kier molecular flexibility index (Phi) is 12.7. The Labute approximate surface area is 306 Å². The number of amides is 1. The second kappa shape index (κ2) is 16.7. The number of nitrogen functional groups attached to an aromatic ring is 1. The molecule has 2 fully saturated rings. The van der Waals surface area contributed by atoms with Crippen LogP contribution in [0.3, 0.4) is 0 Å².